The fourth-order valence-corrected chi connectivity index (χ4v) is 1.19. The predicted molar refractivity (Wildman–Crippen MR) is 54.3 cm³/mol. The fourth-order valence-electron chi connectivity index (χ4n) is 1.19. The Morgan fingerprint density at radius 1 is 1.27 bits per heavy atom. The molecule has 0 saturated heterocycles. The minimum Gasteiger partial charge on any atom is -0.508 e. The summed E-state index contributed by atoms with van der Waals surface area (Å²) in [5, 5.41) is 18.8. The van der Waals surface area contributed by atoms with Crippen LogP contribution in [0.3, 0.4) is 0 Å². The number of aromatic hydroxyl groups is 2. The molecule has 0 atom stereocenters. The van der Waals surface area contributed by atoms with Crippen LogP contribution in [0.15, 0.2) is 24.8 Å². The minimum atomic E-state index is -0.550. The van der Waals surface area contributed by atoms with E-state index in [1.54, 1.807) is 0 Å². The number of rotatable bonds is 3. The molecule has 0 bridgehead atoms. The first-order valence-electron chi connectivity index (χ1n) is 4.21. The summed E-state index contributed by atoms with van der Waals surface area (Å²) in [5.74, 6) is -1.65. The summed E-state index contributed by atoms with van der Waals surface area (Å²) in [4.78, 5) is 22.3. The van der Waals surface area contributed by atoms with Crippen molar-refractivity contribution in [2.75, 3.05) is 0 Å². The van der Waals surface area contributed by atoms with Crippen LogP contribution < -0.4 is 0 Å². The molecule has 0 unspecified atom stereocenters. The lowest BCUT2D eigenvalue weighted by atomic mass is 10.0. The smallest absolute Gasteiger partial charge is 0.189 e. The molecule has 0 amide bonds. The van der Waals surface area contributed by atoms with E-state index in [0.717, 1.165) is 18.2 Å². The molecule has 78 valence electrons. The molecule has 4 heteroatoms. The number of benzene rings is 1. The van der Waals surface area contributed by atoms with E-state index >= 15 is 0 Å². The first-order chi connectivity index (χ1) is 6.97. The van der Waals surface area contributed by atoms with E-state index in [0.29, 0.717) is 0 Å². The molecule has 0 aliphatic heterocycles. The quantitative estimate of drug-likeness (QED) is 0.448. The summed E-state index contributed by atoms with van der Waals surface area (Å²) in [5.41, 5.74) is -0.213. The maximum atomic E-state index is 11.3. The molecule has 0 saturated carbocycles. The first kappa shape index (κ1) is 11.0. The van der Waals surface area contributed by atoms with E-state index in [1.807, 2.05) is 0 Å². The van der Waals surface area contributed by atoms with Crippen LogP contribution in [0.1, 0.15) is 27.6 Å². The van der Waals surface area contributed by atoms with Crippen molar-refractivity contribution in [1.29, 1.82) is 0 Å². The highest BCUT2D eigenvalue weighted by Gasteiger charge is 2.16. The van der Waals surface area contributed by atoms with Gasteiger partial charge in [-0.05, 0) is 25.1 Å². The van der Waals surface area contributed by atoms with Crippen LogP contribution in [0.25, 0.3) is 0 Å². The van der Waals surface area contributed by atoms with Crippen molar-refractivity contribution in [3.63, 3.8) is 0 Å². The van der Waals surface area contributed by atoms with Crippen molar-refractivity contribution in [1.82, 2.24) is 0 Å². The van der Waals surface area contributed by atoms with Crippen LogP contribution >= 0.6 is 0 Å². The molecule has 4 nitrogen and oxygen atoms in total. The highest BCUT2D eigenvalue weighted by Crippen LogP contribution is 2.28. The molecular formula is C11H10O4. The zero-order chi connectivity index (χ0) is 11.6. The summed E-state index contributed by atoms with van der Waals surface area (Å²) in [6.45, 7) is 4.49. The van der Waals surface area contributed by atoms with Crippen molar-refractivity contribution >= 4 is 11.6 Å². The van der Waals surface area contributed by atoms with Gasteiger partial charge >= 0.3 is 0 Å². The molecule has 0 aliphatic rings. The Kier molecular flexibility index (Phi) is 2.90. The number of carbonyl (C=O) groups is 2. The summed E-state index contributed by atoms with van der Waals surface area (Å²) in [6.07, 6.45) is 0.998. The van der Waals surface area contributed by atoms with Crippen molar-refractivity contribution in [3.8, 4) is 11.5 Å². The molecule has 15 heavy (non-hydrogen) atoms. The van der Waals surface area contributed by atoms with Crippen molar-refractivity contribution < 1.29 is 19.8 Å². The van der Waals surface area contributed by atoms with E-state index in [9.17, 15) is 19.8 Å². The predicted octanol–water partition coefficient (Wildman–Crippen LogP) is 1.67. The molecule has 1 aromatic rings. The molecule has 0 heterocycles. The van der Waals surface area contributed by atoms with Gasteiger partial charge in [-0.25, -0.2) is 0 Å². The van der Waals surface area contributed by atoms with E-state index in [4.69, 9.17) is 0 Å². The lowest BCUT2D eigenvalue weighted by Crippen LogP contribution is -2.00. The number of phenols is 2. The number of phenolic OH excluding ortho intramolecular Hbond substituents is 2. The van der Waals surface area contributed by atoms with Crippen molar-refractivity contribution in [2.24, 2.45) is 0 Å². The highest BCUT2D eigenvalue weighted by atomic mass is 16.3. The van der Waals surface area contributed by atoms with Gasteiger partial charge in [0, 0.05) is 0 Å². The summed E-state index contributed by atoms with van der Waals surface area (Å²) in [7, 11) is 0. The van der Waals surface area contributed by atoms with E-state index in [2.05, 4.69) is 6.58 Å². The Morgan fingerprint density at radius 3 is 2.27 bits per heavy atom. The third-order valence-corrected chi connectivity index (χ3v) is 1.92. The minimum absolute atomic E-state index is 0.0831. The van der Waals surface area contributed by atoms with Crippen LogP contribution in [-0.4, -0.2) is 21.8 Å². The molecule has 0 aliphatic carbocycles. The molecular weight excluding hydrogens is 196 g/mol. The van der Waals surface area contributed by atoms with Gasteiger partial charge in [-0.15, -0.1) is 0 Å². The van der Waals surface area contributed by atoms with Gasteiger partial charge in [0.1, 0.15) is 11.5 Å². The van der Waals surface area contributed by atoms with E-state index in [-0.39, 0.29) is 16.9 Å². The molecule has 0 radical (unpaired) electrons. The monoisotopic (exact) mass is 206 g/mol. The van der Waals surface area contributed by atoms with Gasteiger partial charge in [0.05, 0.1) is 11.1 Å². The Labute approximate surface area is 86.5 Å². The Hall–Kier alpha value is -2.10. The molecule has 0 spiro atoms. The van der Waals surface area contributed by atoms with Crippen LogP contribution in [0, 0.1) is 0 Å². The number of ketones is 2. The zero-order valence-electron chi connectivity index (χ0n) is 8.15. The zero-order valence-corrected chi connectivity index (χ0v) is 8.15. The fraction of sp³-hybridized carbons (Fsp3) is 0.0909. The standard InChI is InChI=1S/C11H10O4/c1-3-10(14)9-5-7(13)4-8(6(2)12)11(9)15/h3-5,13,15H,1H2,2H3. The van der Waals surface area contributed by atoms with Gasteiger partial charge in [0.15, 0.2) is 11.6 Å². The van der Waals surface area contributed by atoms with Crippen LogP contribution in [0.2, 0.25) is 0 Å². The molecule has 1 aromatic carbocycles. The van der Waals surface area contributed by atoms with E-state index in [1.165, 1.54) is 6.92 Å². The normalized spacial score (nSPS) is 9.67. The van der Waals surface area contributed by atoms with Gasteiger partial charge in [0.25, 0.3) is 0 Å². The van der Waals surface area contributed by atoms with Gasteiger partial charge in [-0.1, -0.05) is 6.58 Å². The topological polar surface area (TPSA) is 74.6 Å². The van der Waals surface area contributed by atoms with Crippen molar-refractivity contribution in [2.45, 2.75) is 6.92 Å². The summed E-state index contributed by atoms with van der Waals surface area (Å²) >= 11 is 0. The maximum Gasteiger partial charge on any atom is 0.189 e. The second-order valence-electron chi connectivity index (χ2n) is 3.01. The van der Waals surface area contributed by atoms with Gasteiger partial charge in [0.2, 0.25) is 0 Å². The number of carbonyl (C=O) groups excluding carboxylic acids is 2. The second-order valence-corrected chi connectivity index (χ2v) is 3.01. The Morgan fingerprint density at radius 2 is 1.80 bits per heavy atom. The summed E-state index contributed by atoms with van der Waals surface area (Å²) in [6, 6.07) is 2.20. The third-order valence-electron chi connectivity index (χ3n) is 1.92. The SMILES string of the molecule is C=CC(=O)c1cc(O)cc(C(C)=O)c1O. The highest BCUT2D eigenvalue weighted by molar-refractivity contribution is 6.09. The third kappa shape index (κ3) is 2.04. The maximum absolute atomic E-state index is 11.3. The van der Waals surface area contributed by atoms with Crippen LogP contribution in [-0.2, 0) is 0 Å². The number of hydrogen-bond donors (Lipinski definition) is 2. The molecule has 2 N–H and O–H groups in total. The van der Waals surface area contributed by atoms with Gasteiger partial charge < -0.3 is 10.2 Å². The van der Waals surface area contributed by atoms with Crippen molar-refractivity contribution in [3.05, 3.63) is 35.9 Å². The lowest BCUT2D eigenvalue weighted by Gasteiger charge is -2.06. The van der Waals surface area contributed by atoms with E-state index < -0.39 is 17.3 Å². The Balaban J connectivity index is 3.47. The molecule has 0 aromatic heterocycles. The number of allylic oxidation sites excluding steroid dienone is 1. The molecule has 0 fully saturated rings. The van der Waals surface area contributed by atoms with Gasteiger partial charge in [-0.3, -0.25) is 9.59 Å². The van der Waals surface area contributed by atoms with Crippen LogP contribution in [0.4, 0.5) is 0 Å². The average molecular weight is 206 g/mol. The largest absolute Gasteiger partial charge is 0.508 e. The van der Waals surface area contributed by atoms with Crippen LogP contribution in [0.5, 0.6) is 11.5 Å². The molecule has 1 rings (SSSR count). The number of Topliss-reactive ketones (excluding diaryl/α,β-unsaturated/α-hetero) is 1. The first-order valence-corrected chi connectivity index (χ1v) is 4.21. The van der Waals surface area contributed by atoms with Gasteiger partial charge in [-0.2, -0.15) is 0 Å². The lowest BCUT2D eigenvalue weighted by molar-refractivity contribution is 0.101. The summed E-state index contributed by atoms with van der Waals surface area (Å²) < 4.78 is 0. The average Bonchev–Trinajstić information content (AvgIpc) is 2.19. The second kappa shape index (κ2) is 3.96. The Bertz CT molecular complexity index is 446. The number of hydrogen-bond acceptors (Lipinski definition) is 4.